The maximum absolute atomic E-state index is 13.8. The Morgan fingerprint density at radius 2 is 1.95 bits per heavy atom. The van der Waals surface area contributed by atoms with Crippen LogP contribution in [0.5, 0.6) is 0 Å². The fourth-order valence-corrected chi connectivity index (χ4v) is 2.64. The highest BCUT2D eigenvalue weighted by Crippen LogP contribution is 2.23. The van der Waals surface area contributed by atoms with Crippen LogP contribution < -0.4 is 5.32 Å². The van der Waals surface area contributed by atoms with Crippen molar-refractivity contribution >= 4 is 11.8 Å². The van der Waals surface area contributed by atoms with E-state index in [4.69, 9.17) is 0 Å². The number of benzene rings is 1. The van der Waals surface area contributed by atoms with E-state index in [1.54, 1.807) is 32.0 Å². The Bertz CT molecular complexity index is 557. The molecule has 1 aliphatic rings. The SMILES string of the molecule is CCCC1C(=O)NC(C)(C)C(=O)N1Cc1ccccc1F. The number of halogens is 1. The van der Waals surface area contributed by atoms with Crippen molar-refractivity contribution in [3.8, 4) is 0 Å². The van der Waals surface area contributed by atoms with Crippen LogP contribution >= 0.6 is 0 Å². The molecule has 114 valence electrons. The minimum Gasteiger partial charge on any atom is -0.340 e. The Balaban J connectivity index is 2.32. The lowest BCUT2D eigenvalue weighted by atomic mass is 9.94. The molecule has 1 unspecified atom stereocenters. The summed E-state index contributed by atoms with van der Waals surface area (Å²) in [5.41, 5.74) is -0.524. The van der Waals surface area contributed by atoms with Crippen molar-refractivity contribution in [2.45, 2.75) is 51.7 Å². The van der Waals surface area contributed by atoms with Crippen LogP contribution in [-0.2, 0) is 16.1 Å². The number of amides is 2. The first kappa shape index (κ1) is 15.5. The zero-order valence-corrected chi connectivity index (χ0v) is 12.6. The van der Waals surface area contributed by atoms with Gasteiger partial charge in [0.15, 0.2) is 0 Å². The zero-order chi connectivity index (χ0) is 15.6. The van der Waals surface area contributed by atoms with Crippen molar-refractivity contribution in [3.05, 3.63) is 35.6 Å². The molecule has 0 bridgehead atoms. The summed E-state index contributed by atoms with van der Waals surface area (Å²) in [6, 6.07) is 5.81. The average Bonchev–Trinajstić information content (AvgIpc) is 2.42. The highest BCUT2D eigenvalue weighted by molar-refractivity contribution is 5.99. The molecule has 0 saturated carbocycles. The summed E-state index contributed by atoms with van der Waals surface area (Å²) in [6.07, 6.45) is 1.35. The van der Waals surface area contributed by atoms with Gasteiger partial charge in [-0.05, 0) is 26.3 Å². The van der Waals surface area contributed by atoms with E-state index in [-0.39, 0.29) is 24.2 Å². The standard InChI is InChI=1S/C16H21FN2O2/c1-4-7-13-14(20)18-16(2,3)15(21)19(13)10-11-8-5-6-9-12(11)17/h5-6,8-9,13H,4,7,10H2,1-3H3,(H,18,20). The van der Waals surface area contributed by atoms with Crippen molar-refractivity contribution in [3.63, 3.8) is 0 Å². The van der Waals surface area contributed by atoms with Crippen LogP contribution in [0.15, 0.2) is 24.3 Å². The number of piperazine rings is 1. The molecule has 1 N–H and O–H groups in total. The quantitative estimate of drug-likeness (QED) is 0.925. The van der Waals surface area contributed by atoms with Crippen molar-refractivity contribution < 1.29 is 14.0 Å². The summed E-state index contributed by atoms with van der Waals surface area (Å²) in [4.78, 5) is 26.3. The molecule has 0 aliphatic carbocycles. The summed E-state index contributed by atoms with van der Waals surface area (Å²) < 4.78 is 13.8. The second-order valence-electron chi connectivity index (χ2n) is 5.94. The van der Waals surface area contributed by atoms with Gasteiger partial charge >= 0.3 is 0 Å². The van der Waals surface area contributed by atoms with Gasteiger partial charge in [-0.15, -0.1) is 0 Å². The van der Waals surface area contributed by atoms with Gasteiger partial charge in [0.25, 0.3) is 0 Å². The van der Waals surface area contributed by atoms with E-state index in [1.807, 2.05) is 6.92 Å². The number of rotatable bonds is 4. The van der Waals surface area contributed by atoms with Gasteiger partial charge in [-0.1, -0.05) is 31.5 Å². The van der Waals surface area contributed by atoms with E-state index in [9.17, 15) is 14.0 Å². The molecule has 21 heavy (non-hydrogen) atoms. The smallest absolute Gasteiger partial charge is 0.248 e. The molecule has 1 fully saturated rings. The minimum atomic E-state index is -0.952. The average molecular weight is 292 g/mol. The number of nitrogens with one attached hydrogen (secondary N) is 1. The molecule has 2 amide bonds. The third kappa shape index (κ3) is 3.06. The van der Waals surface area contributed by atoms with Crippen LogP contribution in [0.3, 0.4) is 0 Å². The number of carbonyl (C=O) groups excluding carboxylic acids is 2. The Hall–Kier alpha value is -1.91. The van der Waals surface area contributed by atoms with Gasteiger partial charge in [-0.2, -0.15) is 0 Å². The lowest BCUT2D eigenvalue weighted by molar-refractivity contribution is -0.154. The van der Waals surface area contributed by atoms with Crippen LogP contribution in [0.25, 0.3) is 0 Å². The fraction of sp³-hybridized carbons (Fsp3) is 0.500. The predicted octanol–water partition coefficient (Wildman–Crippen LogP) is 2.23. The summed E-state index contributed by atoms with van der Waals surface area (Å²) in [5.74, 6) is -0.703. The van der Waals surface area contributed by atoms with Crippen LogP contribution in [0.1, 0.15) is 39.2 Å². The third-order valence-corrected chi connectivity index (χ3v) is 3.77. The van der Waals surface area contributed by atoms with Gasteiger partial charge in [-0.25, -0.2) is 4.39 Å². The van der Waals surface area contributed by atoms with Gasteiger partial charge in [0, 0.05) is 12.1 Å². The largest absolute Gasteiger partial charge is 0.340 e. The van der Waals surface area contributed by atoms with Crippen LogP contribution in [0.4, 0.5) is 4.39 Å². The Morgan fingerprint density at radius 1 is 1.29 bits per heavy atom. The first-order chi connectivity index (χ1) is 9.86. The first-order valence-electron chi connectivity index (χ1n) is 7.23. The summed E-state index contributed by atoms with van der Waals surface area (Å²) in [6.45, 7) is 5.42. The van der Waals surface area contributed by atoms with Crippen LogP contribution in [0.2, 0.25) is 0 Å². The topological polar surface area (TPSA) is 49.4 Å². The maximum Gasteiger partial charge on any atom is 0.248 e. The van der Waals surface area contributed by atoms with Gasteiger partial charge in [0.1, 0.15) is 17.4 Å². The van der Waals surface area contributed by atoms with E-state index in [0.29, 0.717) is 12.0 Å². The number of nitrogens with zero attached hydrogens (tertiary/aromatic N) is 1. The normalized spacial score (nSPS) is 21.3. The van der Waals surface area contributed by atoms with Crippen molar-refractivity contribution in [1.29, 1.82) is 0 Å². The maximum atomic E-state index is 13.8. The van der Waals surface area contributed by atoms with Gasteiger partial charge < -0.3 is 10.2 Å². The van der Waals surface area contributed by atoms with E-state index >= 15 is 0 Å². The van der Waals surface area contributed by atoms with Crippen LogP contribution in [0, 0.1) is 5.82 Å². The van der Waals surface area contributed by atoms with E-state index in [0.717, 1.165) is 6.42 Å². The van der Waals surface area contributed by atoms with Crippen molar-refractivity contribution in [2.75, 3.05) is 0 Å². The van der Waals surface area contributed by atoms with Crippen LogP contribution in [-0.4, -0.2) is 28.3 Å². The Kier molecular flexibility index (Phi) is 4.30. The number of hydrogen-bond acceptors (Lipinski definition) is 2. The highest BCUT2D eigenvalue weighted by Gasteiger charge is 2.44. The number of hydrogen-bond donors (Lipinski definition) is 1. The van der Waals surface area contributed by atoms with E-state index in [1.165, 1.54) is 11.0 Å². The molecule has 2 rings (SSSR count). The van der Waals surface area contributed by atoms with E-state index in [2.05, 4.69) is 5.32 Å². The monoisotopic (exact) mass is 292 g/mol. The molecule has 1 aromatic carbocycles. The molecule has 5 heteroatoms. The molecule has 1 saturated heterocycles. The molecular weight excluding hydrogens is 271 g/mol. The molecule has 4 nitrogen and oxygen atoms in total. The molecular formula is C16H21FN2O2. The van der Waals surface area contributed by atoms with Gasteiger partial charge in [-0.3, -0.25) is 9.59 Å². The lowest BCUT2D eigenvalue weighted by Gasteiger charge is -2.43. The van der Waals surface area contributed by atoms with E-state index < -0.39 is 11.6 Å². The second kappa shape index (κ2) is 5.84. The Labute approximate surface area is 124 Å². The second-order valence-corrected chi connectivity index (χ2v) is 5.94. The Morgan fingerprint density at radius 3 is 2.57 bits per heavy atom. The zero-order valence-electron chi connectivity index (χ0n) is 12.6. The number of carbonyl (C=O) groups is 2. The molecule has 1 atom stereocenters. The minimum absolute atomic E-state index is 0.118. The third-order valence-electron chi connectivity index (χ3n) is 3.77. The highest BCUT2D eigenvalue weighted by atomic mass is 19.1. The molecule has 1 aliphatic heterocycles. The molecule has 0 aromatic heterocycles. The summed E-state index contributed by atoms with van der Waals surface area (Å²) in [7, 11) is 0. The first-order valence-corrected chi connectivity index (χ1v) is 7.23. The summed E-state index contributed by atoms with van der Waals surface area (Å²) in [5, 5.41) is 2.75. The van der Waals surface area contributed by atoms with Gasteiger partial charge in [0.2, 0.25) is 11.8 Å². The molecule has 0 spiro atoms. The molecule has 1 heterocycles. The molecule has 0 radical (unpaired) electrons. The fourth-order valence-electron chi connectivity index (χ4n) is 2.64. The van der Waals surface area contributed by atoms with Crippen molar-refractivity contribution in [2.24, 2.45) is 0 Å². The van der Waals surface area contributed by atoms with Crippen molar-refractivity contribution in [1.82, 2.24) is 10.2 Å². The predicted molar refractivity (Wildman–Crippen MR) is 77.9 cm³/mol. The van der Waals surface area contributed by atoms with Gasteiger partial charge in [0.05, 0.1) is 0 Å². The molecule has 1 aromatic rings. The summed E-state index contributed by atoms with van der Waals surface area (Å²) >= 11 is 0. The lowest BCUT2D eigenvalue weighted by Crippen LogP contribution is -2.67.